The van der Waals surface area contributed by atoms with Crippen LogP contribution in [-0.4, -0.2) is 54.0 Å². The molecule has 4 aromatic rings. The summed E-state index contributed by atoms with van der Waals surface area (Å²) >= 11 is 6.13. The fourth-order valence-electron chi connectivity index (χ4n) is 5.62. The van der Waals surface area contributed by atoms with Crippen LogP contribution in [0.25, 0.3) is 11.0 Å². The summed E-state index contributed by atoms with van der Waals surface area (Å²) < 4.78 is 3.62. The van der Waals surface area contributed by atoms with Gasteiger partial charge in [-0.1, -0.05) is 57.0 Å². The highest BCUT2D eigenvalue weighted by Gasteiger charge is 2.34. The molecule has 0 saturated carbocycles. The Kier molecular flexibility index (Phi) is 8.68. The summed E-state index contributed by atoms with van der Waals surface area (Å²) in [6.45, 7) is 5.72. The number of carbonyl (C=O) groups excluding carboxylic acids is 1. The van der Waals surface area contributed by atoms with E-state index in [0.29, 0.717) is 31.2 Å². The SMILES string of the molecule is CCC(CC)C(c1nc2nc(Cl)ncc2c(=O)n1Cc1ccccc1)n1cc(CCN)nc1C(=O)C1CCCN1. The number of imidazole rings is 1. The molecule has 2 unspecified atom stereocenters. The van der Waals surface area contributed by atoms with Crippen LogP contribution in [0.1, 0.15) is 73.3 Å². The average Bonchev–Trinajstić information content (AvgIpc) is 3.64. The van der Waals surface area contributed by atoms with Gasteiger partial charge in [-0.25, -0.2) is 15.0 Å². The highest BCUT2D eigenvalue weighted by molar-refractivity contribution is 6.28. The van der Waals surface area contributed by atoms with Crippen molar-refractivity contribution in [3.05, 3.63) is 81.3 Å². The minimum atomic E-state index is -0.455. The monoisotopic (exact) mass is 562 g/mol. The third kappa shape index (κ3) is 5.56. The standard InChI is InChI=1S/C29H35ClN8O2/c1-3-19(4-2)23(37-17-20(12-13-31)34-27(37)24(39)22-11-8-14-32-22)26-35-25-21(15-33-29(30)36-25)28(40)38(26)16-18-9-6-5-7-10-18/h5-7,9-10,15,17,19,22-23,32H,3-4,8,11-14,16,31H2,1-2H3. The molecule has 1 aliphatic rings. The first-order chi connectivity index (χ1) is 19.4. The number of nitrogens with zero attached hydrogens (tertiary/aromatic N) is 6. The Bertz CT molecular complexity index is 1540. The lowest BCUT2D eigenvalue weighted by atomic mass is 9.92. The van der Waals surface area contributed by atoms with E-state index in [2.05, 4.69) is 29.1 Å². The summed E-state index contributed by atoms with van der Waals surface area (Å²) in [7, 11) is 0. The summed E-state index contributed by atoms with van der Waals surface area (Å²) in [5.74, 6) is 0.863. The summed E-state index contributed by atoms with van der Waals surface area (Å²) in [5.41, 5.74) is 7.55. The second kappa shape index (κ2) is 12.4. The Morgan fingerprint density at radius 1 is 1.18 bits per heavy atom. The van der Waals surface area contributed by atoms with E-state index in [9.17, 15) is 9.59 Å². The predicted octanol–water partition coefficient (Wildman–Crippen LogP) is 3.55. The van der Waals surface area contributed by atoms with Gasteiger partial charge in [-0.2, -0.15) is 4.98 Å². The van der Waals surface area contributed by atoms with Crippen molar-refractivity contribution in [1.82, 2.24) is 34.4 Å². The Morgan fingerprint density at radius 3 is 2.62 bits per heavy atom. The zero-order valence-corrected chi connectivity index (χ0v) is 23.6. The third-order valence-corrected chi connectivity index (χ3v) is 7.92. The minimum Gasteiger partial charge on any atom is -0.330 e. The van der Waals surface area contributed by atoms with Gasteiger partial charge in [0.15, 0.2) is 11.5 Å². The van der Waals surface area contributed by atoms with E-state index in [1.807, 2.05) is 41.1 Å². The topological polar surface area (TPSA) is 134 Å². The molecular formula is C29H35ClN8O2. The first kappa shape index (κ1) is 28.1. The van der Waals surface area contributed by atoms with Gasteiger partial charge in [0.1, 0.15) is 11.2 Å². The van der Waals surface area contributed by atoms with Crippen LogP contribution >= 0.6 is 11.6 Å². The van der Waals surface area contributed by atoms with Crippen LogP contribution in [0.2, 0.25) is 5.28 Å². The Labute approximate surface area is 238 Å². The van der Waals surface area contributed by atoms with Crippen molar-refractivity contribution >= 4 is 28.4 Å². The quantitative estimate of drug-likeness (QED) is 0.209. The number of Topliss-reactive ketones (excluding diaryl/α,β-unsaturated/α-hetero) is 1. The lowest BCUT2D eigenvalue weighted by Gasteiger charge is -2.30. The number of ketones is 1. The van der Waals surface area contributed by atoms with Crippen LogP contribution in [-0.2, 0) is 13.0 Å². The lowest BCUT2D eigenvalue weighted by molar-refractivity contribution is 0.0933. The van der Waals surface area contributed by atoms with Crippen LogP contribution in [0, 0.1) is 5.92 Å². The molecule has 11 heteroatoms. The van der Waals surface area contributed by atoms with Crippen molar-refractivity contribution in [3.8, 4) is 0 Å². The van der Waals surface area contributed by atoms with Gasteiger partial charge in [-0.15, -0.1) is 0 Å². The molecule has 2 atom stereocenters. The number of nitrogens with one attached hydrogen (secondary N) is 1. The Hall–Kier alpha value is -3.47. The number of benzene rings is 1. The second-order valence-corrected chi connectivity index (χ2v) is 10.6. The van der Waals surface area contributed by atoms with Crippen molar-refractivity contribution in [2.45, 2.75) is 64.6 Å². The fourth-order valence-corrected chi connectivity index (χ4v) is 5.75. The van der Waals surface area contributed by atoms with Crippen LogP contribution in [0.5, 0.6) is 0 Å². The van der Waals surface area contributed by atoms with E-state index < -0.39 is 6.04 Å². The average molecular weight is 563 g/mol. The largest absolute Gasteiger partial charge is 0.330 e. The van der Waals surface area contributed by atoms with E-state index in [0.717, 1.165) is 43.5 Å². The molecule has 0 radical (unpaired) electrons. The number of nitrogens with two attached hydrogens (primary N) is 1. The zero-order chi connectivity index (χ0) is 28.2. The van der Waals surface area contributed by atoms with Crippen molar-refractivity contribution in [2.24, 2.45) is 11.7 Å². The van der Waals surface area contributed by atoms with Crippen molar-refractivity contribution in [3.63, 3.8) is 0 Å². The number of carbonyl (C=O) groups is 1. The molecule has 10 nitrogen and oxygen atoms in total. The Balaban J connectivity index is 1.77. The van der Waals surface area contributed by atoms with Gasteiger partial charge < -0.3 is 15.6 Å². The third-order valence-electron chi connectivity index (χ3n) is 7.73. The van der Waals surface area contributed by atoms with Crippen molar-refractivity contribution < 1.29 is 4.79 Å². The molecule has 1 saturated heterocycles. The molecule has 0 amide bonds. The van der Waals surface area contributed by atoms with E-state index in [1.165, 1.54) is 6.20 Å². The first-order valence-electron chi connectivity index (χ1n) is 14.0. The normalized spacial score (nSPS) is 16.2. The summed E-state index contributed by atoms with van der Waals surface area (Å²) in [4.78, 5) is 45.9. The molecule has 4 heterocycles. The summed E-state index contributed by atoms with van der Waals surface area (Å²) in [6, 6.07) is 9.02. The molecule has 1 aliphatic heterocycles. The van der Waals surface area contributed by atoms with E-state index in [4.69, 9.17) is 27.3 Å². The number of halogens is 1. The number of rotatable bonds is 11. The maximum atomic E-state index is 14.0. The molecular weight excluding hydrogens is 528 g/mol. The number of hydrogen-bond acceptors (Lipinski definition) is 8. The summed E-state index contributed by atoms with van der Waals surface area (Å²) in [5, 5.41) is 3.61. The van der Waals surface area contributed by atoms with Crippen LogP contribution in [0.4, 0.5) is 0 Å². The van der Waals surface area contributed by atoms with Gasteiger partial charge in [0.05, 0.1) is 24.3 Å². The fraction of sp³-hybridized carbons (Fsp3) is 0.448. The van der Waals surface area contributed by atoms with Gasteiger partial charge in [0.2, 0.25) is 11.1 Å². The number of hydrogen-bond donors (Lipinski definition) is 2. The number of aromatic nitrogens is 6. The Morgan fingerprint density at radius 2 is 1.95 bits per heavy atom. The lowest BCUT2D eigenvalue weighted by Crippen LogP contribution is -2.36. The molecule has 210 valence electrons. The van der Waals surface area contributed by atoms with Gasteiger partial charge in [-0.3, -0.25) is 14.2 Å². The molecule has 40 heavy (non-hydrogen) atoms. The second-order valence-electron chi connectivity index (χ2n) is 10.3. The van der Waals surface area contributed by atoms with Gasteiger partial charge >= 0.3 is 0 Å². The predicted molar refractivity (Wildman–Crippen MR) is 155 cm³/mol. The molecule has 0 bridgehead atoms. The van der Waals surface area contributed by atoms with E-state index in [-0.39, 0.29) is 39.6 Å². The number of fused-ring (bicyclic) bond motifs is 1. The maximum Gasteiger partial charge on any atom is 0.264 e. The minimum absolute atomic E-state index is 0.0151. The van der Waals surface area contributed by atoms with Crippen molar-refractivity contribution in [1.29, 1.82) is 0 Å². The smallest absolute Gasteiger partial charge is 0.264 e. The molecule has 3 aromatic heterocycles. The van der Waals surface area contributed by atoms with Gasteiger partial charge in [0.25, 0.3) is 5.56 Å². The molecule has 3 N–H and O–H groups in total. The zero-order valence-electron chi connectivity index (χ0n) is 22.9. The van der Waals surface area contributed by atoms with Gasteiger partial charge in [0, 0.05) is 18.8 Å². The highest BCUT2D eigenvalue weighted by Crippen LogP contribution is 2.33. The molecule has 0 spiro atoms. The summed E-state index contributed by atoms with van der Waals surface area (Å²) in [6.07, 6.45) is 7.16. The maximum absolute atomic E-state index is 14.0. The van der Waals surface area contributed by atoms with Crippen molar-refractivity contribution in [2.75, 3.05) is 13.1 Å². The highest BCUT2D eigenvalue weighted by atomic mass is 35.5. The van der Waals surface area contributed by atoms with E-state index >= 15 is 0 Å². The van der Waals surface area contributed by atoms with E-state index in [1.54, 1.807) is 4.57 Å². The molecule has 1 aromatic carbocycles. The van der Waals surface area contributed by atoms with Crippen LogP contribution < -0.4 is 16.6 Å². The molecule has 1 fully saturated rings. The van der Waals surface area contributed by atoms with Crippen LogP contribution in [0.3, 0.4) is 0 Å². The van der Waals surface area contributed by atoms with Crippen LogP contribution in [0.15, 0.2) is 47.5 Å². The van der Waals surface area contributed by atoms with Gasteiger partial charge in [-0.05, 0) is 49.0 Å². The molecule has 0 aliphatic carbocycles. The first-order valence-corrected chi connectivity index (χ1v) is 14.3. The molecule has 5 rings (SSSR count).